The zero-order valence-corrected chi connectivity index (χ0v) is 11.5. The number of para-hydroxylation sites is 1. The van der Waals surface area contributed by atoms with Gasteiger partial charge in [-0.25, -0.2) is 0 Å². The molecule has 1 aromatic heterocycles. The Morgan fingerprint density at radius 1 is 1.30 bits per heavy atom. The molecule has 20 heavy (non-hydrogen) atoms. The van der Waals surface area contributed by atoms with Crippen molar-refractivity contribution in [1.29, 1.82) is 0 Å². The van der Waals surface area contributed by atoms with Crippen molar-refractivity contribution in [2.75, 3.05) is 6.61 Å². The van der Waals surface area contributed by atoms with Crippen LogP contribution in [0.4, 0.5) is 0 Å². The van der Waals surface area contributed by atoms with E-state index in [0.717, 1.165) is 30.0 Å². The number of aryl methyl sites for hydroxylation is 1. The van der Waals surface area contributed by atoms with Crippen LogP contribution in [-0.2, 0) is 0 Å². The Morgan fingerprint density at radius 2 is 2.15 bits per heavy atom. The van der Waals surface area contributed by atoms with Crippen LogP contribution in [0, 0.1) is 6.92 Å². The predicted octanol–water partition coefficient (Wildman–Crippen LogP) is 2.46. The highest BCUT2D eigenvalue weighted by atomic mass is 16.5. The third-order valence-corrected chi connectivity index (χ3v) is 3.88. The largest absolute Gasteiger partial charge is 0.493 e. The molecular weight excluding hydrogens is 250 g/mol. The number of benzene rings is 1. The minimum absolute atomic E-state index is 0.0492. The number of fused-ring (bicyclic) bond motifs is 1. The van der Waals surface area contributed by atoms with Gasteiger partial charge in [0.05, 0.1) is 12.6 Å². The van der Waals surface area contributed by atoms with Crippen LogP contribution in [0.2, 0.25) is 0 Å². The van der Waals surface area contributed by atoms with Crippen LogP contribution in [0.3, 0.4) is 0 Å². The van der Waals surface area contributed by atoms with Gasteiger partial charge in [0.2, 0.25) is 0 Å². The first-order valence-corrected chi connectivity index (χ1v) is 6.90. The first kappa shape index (κ1) is 13.1. The molecule has 4 heteroatoms. The molecule has 0 spiro atoms. The summed E-state index contributed by atoms with van der Waals surface area (Å²) in [5.41, 5.74) is 6.29. The number of nitrogens with one attached hydrogen (secondary N) is 1. The predicted molar refractivity (Wildman–Crippen MR) is 78.3 cm³/mol. The summed E-state index contributed by atoms with van der Waals surface area (Å²) >= 11 is 0. The Balaban J connectivity index is 1.96. The molecule has 2 heterocycles. The molecule has 1 aliphatic rings. The number of aromatic nitrogens is 1. The highest BCUT2D eigenvalue weighted by Gasteiger charge is 2.29. The summed E-state index contributed by atoms with van der Waals surface area (Å²) in [5, 5.41) is 0. The molecule has 0 amide bonds. The molecule has 0 bridgehead atoms. The lowest BCUT2D eigenvalue weighted by Crippen LogP contribution is -2.34. The highest BCUT2D eigenvalue weighted by Crippen LogP contribution is 2.40. The number of nitrogens with zero attached hydrogens (tertiary/aromatic N) is 1. The standard InChI is InChI=1S/C16H19N3O/c1-11-6-7-12(10-18-11)16(19-17)14-8-9-20-15-5-3-2-4-13(14)15/h2-7,10,14,16,19H,8-9,17H2,1H3. The second-order valence-electron chi connectivity index (χ2n) is 5.16. The van der Waals surface area contributed by atoms with Gasteiger partial charge in [-0.05, 0) is 36.6 Å². The lowest BCUT2D eigenvalue weighted by atomic mass is 9.84. The summed E-state index contributed by atoms with van der Waals surface area (Å²) in [6, 6.07) is 12.3. The van der Waals surface area contributed by atoms with Crippen LogP contribution in [0.5, 0.6) is 5.75 Å². The van der Waals surface area contributed by atoms with E-state index in [1.807, 2.05) is 37.4 Å². The fourth-order valence-corrected chi connectivity index (χ4v) is 2.82. The number of hydrogen-bond acceptors (Lipinski definition) is 4. The topological polar surface area (TPSA) is 60.2 Å². The zero-order valence-electron chi connectivity index (χ0n) is 11.5. The number of hydrogen-bond donors (Lipinski definition) is 2. The first-order valence-electron chi connectivity index (χ1n) is 6.90. The molecule has 0 radical (unpaired) electrons. The summed E-state index contributed by atoms with van der Waals surface area (Å²) in [6.07, 6.45) is 2.84. The summed E-state index contributed by atoms with van der Waals surface area (Å²) in [5.74, 6) is 7.07. The van der Waals surface area contributed by atoms with E-state index in [0.29, 0.717) is 5.92 Å². The van der Waals surface area contributed by atoms with Crippen LogP contribution in [-0.4, -0.2) is 11.6 Å². The molecule has 0 saturated carbocycles. The maximum absolute atomic E-state index is 5.81. The first-order chi connectivity index (χ1) is 9.79. The van der Waals surface area contributed by atoms with Crippen LogP contribution in [0.25, 0.3) is 0 Å². The molecule has 0 fully saturated rings. The maximum atomic E-state index is 5.81. The Labute approximate surface area is 119 Å². The Morgan fingerprint density at radius 3 is 2.90 bits per heavy atom. The van der Waals surface area contributed by atoms with Gasteiger partial charge in [0.1, 0.15) is 5.75 Å². The summed E-state index contributed by atoms with van der Waals surface area (Å²) in [7, 11) is 0. The Hall–Kier alpha value is -1.91. The molecule has 104 valence electrons. The van der Waals surface area contributed by atoms with Gasteiger partial charge in [-0.1, -0.05) is 24.3 Å². The van der Waals surface area contributed by atoms with Crippen LogP contribution >= 0.6 is 0 Å². The molecule has 4 nitrogen and oxygen atoms in total. The van der Waals surface area contributed by atoms with Crippen molar-refractivity contribution in [1.82, 2.24) is 10.4 Å². The summed E-state index contributed by atoms with van der Waals surface area (Å²) in [4.78, 5) is 4.37. The van der Waals surface area contributed by atoms with Crippen molar-refractivity contribution in [2.45, 2.75) is 25.3 Å². The highest BCUT2D eigenvalue weighted by molar-refractivity contribution is 5.40. The SMILES string of the molecule is Cc1ccc(C(NN)C2CCOc3ccccc32)cn1. The molecule has 2 unspecified atom stereocenters. The van der Waals surface area contributed by atoms with Crippen molar-refractivity contribution < 1.29 is 4.74 Å². The number of rotatable bonds is 3. The van der Waals surface area contributed by atoms with Gasteiger partial charge in [-0.3, -0.25) is 16.3 Å². The third kappa shape index (κ3) is 2.40. The van der Waals surface area contributed by atoms with E-state index in [1.54, 1.807) is 0 Å². The number of ether oxygens (including phenoxy) is 1. The lowest BCUT2D eigenvalue weighted by molar-refractivity contribution is 0.246. The molecule has 2 atom stereocenters. The average Bonchev–Trinajstić information content (AvgIpc) is 2.50. The molecule has 2 aromatic rings. The van der Waals surface area contributed by atoms with E-state index in [4.69, 9.17) is 10.6 Å². The smallest absolute Gasteiger partial charge is 0.122 e. The van der Waals surface area contributed by atoms with Crippen molar-refractivity contribution in [3.05, 3.63) is 59.4 Å². The number of pyridine rings is 1. The van der Waals surface area contributed by atoms with E-state index in [1.165, 1.54) is 5.56 Å². The Kier molecular flexibility index (Phi) is 3.67. The van der Waals surface area contributed by atoms with E-state index in [9.17, 15) is 0 Å². The number of hydrazine groups is 1. The average molecular weight is 269 g/mol. The minimum Gasteiger partial charge on any atom is -0.493 e. The van der Waals surface area contributed by atoms with Gasteiger partial charge in [0.15, 0.2) is 0 Å². The monoisotopic (exact) mass is 269 g/mol. The Bertz CT molecular complexity index is 583. The van der Waals surface area contributed by atoms with E-state index in [2.05, 4.69) is 22.5 Å². The maximum Gasteiger partial charge on any atom is 0.122 e. The van der Waals surface area contributed by atoms with E-state index in [-0.39, 0.29) is 6.04 Å². The van der Waals surface area contributed by atoms with Gasteiger partial charge >= 0.3 is 0 Å². The molecular formula is C16H19N3O. The minimum atomic E-state index is 0.0492. The van der Waals surface area contributed by atoms with Crippen LogP contribution < -0.4 is 16.0 Å². The molecule has 3 N–H and O–H groups in total. The zero-order chi connectivity index (χ0) is 13.9. The second kappa shape index (κ2) is 5.61. The van der Waals surface area contributed by atoms with Gasteiger partial charge in [0.25, 0.3) is 0 Å². The van der Waals surface area contributed by atoms with Crippen molar-refractivity contribution in [3.8, 4) is 5.75 Å². The third-order valence-electron chi connectivity index (χ3n) is 3.88. The molecule has 1 aliphatic heterocycles. The molecule has 0 aliphatic carbocycles. The van der Waals surface area contributed by atoms with Gasteiger partial charge in [-0.2, -0.15) is 0 Å². The number of nitrogens with two attached hydrogens (primary N) is 1. The normalized spacial score (nSPS) is 19.0. The quantitative estimate of drug-likeness (QED) is 0.664. The van der Waals surface area contributed by atoms with E-state index >= 15 is 0 Å². The fourth-order valence-electron chi connectivity index (χ4n) is 2.82. The fraction of sp³-hybridized carbons (Fsp3) is 0.312. The van der Waals surface area contributed by atoms with Gasteiger partial charge in [-0.15, -0.1) is 0 Å². The van der Waals surface area contributed by atoms with Crippen LogP contribution in [0.15, 0.2) is 42.6 Å². The lowest BCUT2D eigenvalue weighted by Gasteiger charge is -2.32. The second-order valence-corrected chi connectivity index (χ2v) is 5.16. The van der Waals surface area contributed by atoms with Gasteiger partial charge < -0.3 is 4.74 Å². The van der Waals surface area contributed by atoms with Gasteiger partial charge in [0, 0.05) is 17.8 Å². The molecule has 1 aromatic carbocycles. The molecule has 3 rings (SSSR count). The van der Waals surface area contributed by atoms with Crippen LogP contribution in [0.1, 0.15) is 35.2 Å². The van der Waals surface area contributed by atoms with Crippen molar-refractivity contribution in [3.63, 3.8) is 0 Å². The van der Waals surface area contributed by atoms with E-state index < -0.39 is 0 Å². The summed E-state index contributed by atoms with van der Waals surface area (Å²) in [6.45, 7) is 2.71. The summed E-state index contributed by atoms with van der Waals surface area (Å²) < 4.78 is 5.72. The van der Waals surface area contributed by atoms with Crippen molar-refractivity contribution in [2.24, 2.45) is 5.84 Å². The molecule has 0 saturated heterocycles. The van der Waals surface area contributed by atoms with Crippen molar-refractivity contribution >= 4 is 0 Å².